The summed E-state index contributed by atoms with van der Waals surface area (Å²) in [5.74, 6) is -0.716. The van der Waals surface area contributed by atoms with Crippen molar-refractivity contribution in [3.05, 3.63) is 14.4 Å². The lowest BCUT2D eigenvalue weighted by Gasteiger charge is -2.00. The molecule has 0 unspecified atom stereocenters. The first kappa shape index (κ1) is 13.0. The number of nitrogens with zero attached hydrogens (tertiary/aromatic N) is 2. The normalized spacial score (nSPS) is 10.5. The predicted octanol–water partition coefficient (Wildman–Crippen LogP) is 2.90. The van der Waals surface area contributed by atoms with E-state index in [1.54, 1.807) is 0 Å². The summed E-state index contributed by atoms with van der Waals surface area (Å²) >= 11 is 5.55. The van der Waals surface area contributed by atoms with Crippen molar-refractivity contribution >= 4 is 44.5 Å². The van der Waals surface area contributed by atoms with Gasteiger partial charge < -0.3 is 5.11 Å². The minimum Gasteiger partial charge on any atom is -0.481 e. The summed E-state index contributed by atoms with van der Waals surface area (Å²) in [5.41, 5.74) is 0. The highest BCUT2D eigenvalue weighted by Crippen LogP contribution is 2.16. The van der Waals surface area contributed by atoms with E-state index in [0.717, 1.165) is 34.0 Å². The standard InChI is InChI=1S/C9H12BrIN2O2/c10-7-6-13(12-9(7)11)5-3-1-2-4-8(14)15/h6H,1-5H2,(H,14,15). The summed E-state index contributed by atoms with van der Waals surface area (Å²) in [6.45, 7) is 0.848. The quantitative estimate of drug-likeness (QED) is 0.604. The number of aryl methyl sites for hydroxylation is 1. The number of carboxylic acid groups (broad SMARTS) is 1. The Labute approximate surface area is 110 Å². The first-order valence-corrected chi connectivity index (χ1v) is 6.57. The van der Waals surface area contributed by atoms with Crippen molar-refractivity contribution < 1.29 is 9.90 Å². The number of hydrogen-bond donors (Lipinski definition) is 1. The number of unbranched alkanes of at least 4 members (excludes halogenated alkanes) is 2. The number of hydrogen-bond acceptors (Lipinski definition) is 2. The lowest BCUT2D eigenvalue weighted by molar-refractivity contribution is -0.137. The van der Waals surface area contributed by atoms with Crippen molar-refractivity contribution in [1.82, 2.24) is 9.78 Å². The third kappa shape index (κ3) is 4.96. The van der Waals surface area contributed by atoms with E-state index in [4.69, 9.17) is 5.11 Å². The first-order chi connectivity index (χ1) is 7.09. The molecule has 1 aromatic heterocycles. The molecule has 0 aliphatic heterocycles. The number of carboxylic acids is 1. The van der Waals surface area contributed by atoms with E-state index < -0.39 is 5.97 Å². The summed E-state index contributed by atoms with van der Waals surface area (Å²) in [7, 11) is 0. The monoisotopic (exact) mass is 386 g/mol. The average molecular weight is 387 g/mol. The van der Waals surface area contributed by atoms with Crippen LogP contribution in [0, 0.1) is 3.70 Å². The van der Waals surface area contributed by atoms with Crippen LogP contribution in [0.1, 0.15) is 25.7 Å². The van der Waals surface area contributed by atoms with Gasteiger partial charge in [-0.25, -0.2) is 0 Å². The summed E-state index contributed by atoms with van der Waals surface area (Å²) in [6, 6.07) is 0. The van der Waals surface area contributed by atoms with Crippen LogP contribution in [0.2, 0.25) is 0 Å². The molecule has 0 bridgehead atoms. The van der Waals surface area contributed by atoms with Crippen LogP contribution in [0.15, 0.2) is 10.7 Å². The Balaban J connectivity index is 2.18. The second-order valence-corrected chi connectivity index (χ2v) is 5.11. The largest absolute Gasteiger partial charge is 0.481 e. The summed E-state index contributed by atoms with van der Waals surface area (Å²) < 4.78 is 3.85. The molecule has 0 aliphatic carbocycles. The minimum atomic E-state index is -0.716. The van der Waals surface area contributed by atoms with Gasteiger partial charge in [-0.2, -0.15) is 5.10 Å². The maximum atomic E-state index is 10.3. The molecule has 1 N–H and O–H groups in total. The summed E-state index contributed by atoms with van der Waals surface area (Å²) in [5, 5.41) is 12.7. The molecule has 0 spiro atoms. The predicted molar refractivity (Wildman–Crippen MR) is 68.7 cm³/mol. The Hall–Kier alpha value is -0.110. The minimum absolute atomic E-state index is 0.264. The van der Waals surface area contributed by atoms with Gasteiger partial charge >= 0.3 is 5.97 Å². The molecular weight excluding hydrogens is 375 g/mol. The molecule has 0 saturated carbocycles. The molecule has 15 heavy (non-hydrogen) atoms. The number of aliphatic carboxylic acids is 1. The van der Waals surface area contributed by atoms with Gasteiger partial charge in [-0.15, -0.1) is 0 Å². The van der Waals surface area contributed by atoms with Crippen LogP contribution < -0.4 is 0 Å². The van der Waals surface area contributed by atoms with Crippen molar-refractivity contribution in [3.63, 3.8) is 0 Å². The fourth-order valence-electron chi connectivity index (χ4n) is 1.21. The number of halogens is 2. The number of carbonyl (C=O) groups is 1. The summed E-state index contributed by atoms with van der Waals surface area (Å²) in [6.07, 6.45) is 4.85. The van der Waals surface area contributed by atoms with Gasteiger partial charge in [-0.05, 0) is 51.4 Å². The highest BCUT2D eigenvalue weighted by Gasteiger charge is 2.02. The Bertz CT molecular complexity index is 321. The smallest absolute Gasteiger partial charge is 0.303 e. The van der Waals surface area contributed by atoms with Gasteiger partial charge in [0.25, 0.3) is 0 Å². The molecule has 1 rings (SSSR count). The average Bonchev–Trinajstić information content (AvgIpc) is 2.45. The Morgan fingerprint density at radius 2 is 2.27 bits per heavy atom. The van der Waals surface area contributed by atoms with E-state index in [0.29, 0.717) is 0 Å². The molecule has 0 aromatic carbocycles. The number of aromatic nitrogens is 2. The van der Waals surface area contributed by atoms with E-state index in [9.17, 15) is 4.79 Å². The highest BCUT2D eigenvalue weighted by atomic mass is 127. The van der Waals surface area contributed by atoms with Crippen LogP contribution >= 0.6 is 38.5 Å². The van der Waals surface area contributed by atoms with Crippen LogP contribution in [0.25, 0.3) is 0 Å². The van der Waals surface area contributed by atoms with Crippen molar-refractivity contribution in [1.29, 1.82) is 0 Å². The van der Waals surface area contributed by atoms with Gasteiger partial charge in [0.05, 0.1) is 4.47 Å². The zero-order chi connectivity index (χ0) is 11.3. The molecule has 6 heteroatoms. The molecule has 4 nitrogen and oxygen atoms in total. The Morgan fingerprint density at radius 3 is 2.80 bits per heavy atom. The van der Waals surface area contributed by atoms with Crippen LogP contribution in [-0.2, 0) is 11.3 Å². The van der Waals surface area contributed by atoms with Crippen LogP contribution in [0.5, 0.6) is 0 Å². The lowest BCUT2D eigenvalue weighted by atomic mass is 10.2. The second-order valence-electron chi connectivity index (χ2n) is 3.24. The SMILES string of the molecule is O=C(O)CCCCCn1cc(Br)c(I)n1. The first-order valence-electron chi connectivity index (χ1n) is 4.70. The van der Waals surface area contributed by atoms with E-state index >= 15 is 0 Å². The third-order valence-corrected chi connectivity index (χ3v) is 4.07. The molecular formula is C9H12BrIN2O2. The zero-order valence-corrected chi connectivity index (χ0v) is 11.9. The van der Waals surface area contributed by atoms with E-state index in [1.807, 2.05) is 10.9 Å². The fourth-order valence-corrected chi connectivity index (χ4v) is 1.95. The van der Waals surface area contributed by atoms with E-state index in [1.165, 1.54) is 0 Å². The molecule has 0 atom stereocenters. The number of rotatable bonds is 6. The molecule has 0 radical (unpaired) electrons. The van der Waals surface area contributed by atoms with Crippen molar-refractivity contribution in [2.75, 3.05) is 0 Å². The Morgan fingerprint density at radius 1 is 1.53 bits per heavy atom. The van der Waals surface area contributed by atoms with Gasteiger partial charge in [-0.1, -0.05) is 6.42 Å². The molecule has 1 aromatic rings. The molecule has 0 fully saturated rings. The molecule has 0 aliphatic rings. The van der Waals surface area contributed by atoms with Gasteiger partial charge in [0, 0.05) is 19.2 Å². The van der Waals surface area contributed by atoms with Crippen molar-refractivity contribution in [2.45, 2.75) is 32.2 Å². The molecule has 0 amide bonds. The van der Waals surface area contributed by atoms with E-state index in [2.05, 4.69) is 43.6 Å². The third-order valence-electron chi connectivity index (χ3n) is 1.95. The lowest BCUT2D eigenvalue weighted by Crippen LogP contribution is -2.00. The Kier molecular flexibility index (Phi) is 5.59. The zero-order valence-electron chi connectivity index (χ0n) is 8.12. The van der Waals surface area contributed by atoms with Crippen LogP contribution in [-0.4, -0.2) is 20.9 Å². The van der Waals surface area contributed by atoms with Crippen molar-refractivity contribution in [3.8, 4) is 0 Å². The maximum absolute atomic E-state index is 10.3. The van der Waals surface area contributed by atoms with Gasteiger partial charge in [0.15, 0.2) is 0 Å². The fraction of sp³-hybridized carbons (Fsp3) is 0.556. The van der Waals surface area contributed by atoms with Gasteiger partial charge in [0.2, 0.25) is 0 Å². The topological polar surface area (TPSA) is 55.1 Å². The van der Waals surface area contributed by atoms with E-state index in [-0.39, 0.29) is 6.42 Å². The maximum Gasteiger partial charge on any atom is 0.303 e. The summed E-state index contributed by atoms with van der Waals surface area (Å²) in [4.78, 5) is 10.3. The van der Waals surface area contributed by atoms with Crippen LogP contribution in [0.4, 0.5) is 0 Å². The molecule has 1 heterocycles. The molecule has 0 saturated heterocycles. The van der Waals surface area contributed by atoms with Crippen LogP contribution in [0.3, 0.4) is 0 Å². The second kappa shape index (κ2) is 6.47. The molecule has 84 valence electrons. The van der Waals surface area contributed by atoms with Crippen molar-refractivity contribution in [2.24, 2.45) is 0 Å². The van der Waals surface area contributed by atoms with Gasteiger partial charge in [0.1, 0.15) is 3.70 Å². The highest BCUT2D eigenvalue weighted by molar-refractivity contribution is 14.1. The van der Waals surface area contributed by atoms with Gasteiger partial charge in [-0.3, -0.25) is 9.48 Å².